The summed E-state index contributed by atoms with van der Waals surface area (Å²) in [4.78, 5) is 35.8. The zero-order valence-electron chi connectivity index (χ0n) is 21.1. The zero-order chi connectivity index (χ0) is 26.5. The van der Waals surface area contributed by atoms with Crippen LogP contribution in [-0.2, 0) is 16.1 Å². The Balaban J connectivity index is 1.37. The summed E-state index contributed by atoms with van der Waals surface area (Å²) in [5.74, 6) is 0.975. The van der Waals surface area contributed by atoms with Crippen LogP contribution in [0.4, 0.5) is 5.82 Å². The molecule has 0 radical (unpaired) electrons. The lowest BCUT2D eigenvalue weighted by atomic mass is 10.2. The molecule has 1 N–H and O–H groups in total. The topological polar surface area (TPSA) is 88.4 Å². The minimum atomic E-state index is -0.244. The van der Waals surface area contributed by atoms with Gasteiger partial charge in [-0.2, -0.15) is 0 Å². The number of pyridine rings is 1. The van der Waals surface area contributed by atoms with Gasteiger partial charge < -0.3 is 14.8 Å². The molecule has 2 aliphatic rings. The van der Waals surface area contributed by atoms with Crippen molar-refractivity contribution in [1.82, 2.24) is 19.2 Å². The summed E-state index contributed by atoms with van der Waals surface area (Å²) in [7, 11) is 1.61. The molecule has 11 heteroatoms. The molecule has 2 aliphatic heterocycles. The fourth-order valence-electron chi connectivity index (χ4n) is 4.38. The Bertz CT molecular complexity index is 1420. The number of methoxy groups -OCH3 is 1. The van der Waals surface area contributed by atoms with Crippen molar-refractivity contribution in [2.75, 3.05) is 51.8 Å². The van der Waals surface area contributed by atoms with Gasteiger partial charge in [0, 0.05) is 25.8 Å². The number of aromatic nitrogens is 2. The molecule has 0 aliphatic carbocycles. The molecule has 1 amide bonds. The number of morpholine rings is 1. The maximum Gasteiger partial charge on any atom is 0.267 e. The fourth-order valence-corrected chi connectivity index (χ4v) is 5.62. The first-order valence-corrected chi connectivity index (χ1v) is 13.7. The number of amides is 1. The maximum absolute atomic E-state index is 13.5. The van der Waals surface area contributed by atoms with Gasteiger partial charge >= 0.3 is 0 Å². The number of benzene rings is 1. The van der Waals surface area contributed by atoms with Crippen LogP contribution in [0.25, 0.3) is 11.7 Å². The van der Waals surface area contributed by atoms with Crippen molar-refractivity contribution in [3.05, 3.63) is 75.0 Å². The normalized spacial score (nSPS) is 17.5. The Morgan fingerprint density at radius 3 is 2.71 bits per heavy atom. The van der Waals surface area contributed by atoms with Crippen molar-refractivity contribution in [3.8, 4) is 5.75 Å². The van der Waals surface area contributed by atoms with E-state index in [1.165, 1.54) is 16.2 Å². The second kappa shape index (κ2) is 12.1. The number of nitrogens with one attached hydrogen (secondary N) is 1. The third-order valence-electron chi connectivity index (χ3n) is 6.47. The predicted molar refractivity (Wildman–Crippen MR) is 154 cm³/mol. The summed E-state index contributed by atoms with van der Waals surface area (Å²) >= 11 is 6.72. The van der Waals surface area contributed by atoms with E-state index in [2.05, 4.69) is 10.2 Å². The summed E-state index contributed by atoms with van der Waals surface area (Å²) in [6.45, 7) is 5.30. The summed E-state index contributed by atoms with van der Waals surface area (Å²) < 4.78 is 12.6. The molecule has 4 heterocycles. The first-order chi connectivity index (χ1) is 18.5. The number of nitrogens with zero attached hydrogens (tertiary/aromatic N) is 4. The maximum atomic E-state index is 13.5. The molecule has 38 heavy (non-hydrogen) atoms. The van der Waals surface area contributed by atoms with Crippen LogP contribution in [0, 0.1) is 0 Å². The Morgan fingerprint density at radius 1 is 1.16 bits per heavy atom. The van der Waals surface area contributed by atoms with Crippen molar-refractivity contribution in [2.24, 2.45) is 0 Å². The van der Waals surface area contributed by atoms with E-state index < -0.39 is 0 Å². The molecule has 2 saturated heterocycles. The highest BCUT2D eigenvalue weighted by molar-refractivity contribution is 8.26. The summed E-state index contributed by atoms with van der Waals surface area (Å²) in [6, 6.07) is 12.9. The monoisotopic (exact) mass is 551 g/mol. The number of thioether (sulfide) groups is 1. The lowest BCUT2D eigenvalue weighted by molar-refractivity contribution is -0.122. The van der Waals surface area contributed by atoms with Gasteiger partial charge in [0.25, 0.3) is 11.5 Å². The lowest BCUT2D eigenvalue weighted by Crippen LogP contribution is -2.37. The van der Waals surface area contributed by atoms with Crippen LogP contribution < -0.4 is 15.6 Å². The molecule has 198 valence electrons. The van der Waals surface area contributed by atoms with Gasteiger partial charge in [-0.05, 0) is 48.9 Å². The molecule has 0 unspecified atom stereocenters. The number of anilines is 1. The molecule has 3 aromatic rings. The van der Waals surface area contributed by atoms with Crippen LogP contribution in [0.5, 0.6) is 5.75 Å². The molecule has 1 aromatic carbocycles. The molecule has 0 bridgehead atoms. The Morgan fingerprint density at radius 2 is 1.95 bits per heavy atom. The van der Waals surface area contributed by atoms with E-state index in [0.29, 0.717) is 39.3 Å². The predicted octanol–water partition coefficient (Wildman–Crippen LogP) is 3.24. The van der Waals surface area contributed by atoms with Gasteiger partial charge in [0.2, 0.25) is 0 Å². The van der Waals surface area contributed by atoms with Crippen molar-refractivity contribution in [1.29, 1.82) is 0 Å². The second-order valence-corrected chi connectivity index (χ2v) is 10.6. The Hall–Kier alpha value is -3.25. The Kier molecular flexibility index (Phi) is 8.38. The van der Waals surface area contributed by atoms with Crippen LogP contribution >= 0.6 is 24.0 Å². The number of carbonyl (C=O) groups is 1. The van der Waals surface area contributed by atoms with Gasteiger partial charge in [-0.15, -0.1) is 0 Å². The largest absolute Gasteiger partial charge is 0.497 e. The van der Waals surface area contributed by atoms with E-state index in [1.807, 2.05) is 30.3 Å². The lowest BCUT2D eigenvalue weighted by Gasteiger charge is -2.26. The van der Waals surface area contributed by atoms with E-state index in [9.17, 15) is 9.59 Å². The zero-order valence-corrected chi connectivity index (χ0v) is 22.7. The third kappa shape index (κ3) is 5.91. The van der Waals surface area contributed by atoms with Crippen molar-refractivity contribution < 1.29 is 14.3 Å². The van der Waals surface area contributed by atoms with E-state index in [0.717, 1.165) is 50.6 Å². The van der Waals surface area contributed by atoms with Gasteiger partial charge in [0.1, 0.15) is 21.5 Å². The first-order valence-electron chi connectivity index (χ1n) is 12.5. The molecule has 0 saturated carbocycles. The van der Waals surface area contributed by atoms with Crippen LogP contribution in [0.2, 0.25) is 0 Å². The van der Waals surface area contributed by atoms with Crippen LogP contribution in [0.3, 0.4) is 0 Å². The molecule has 9 nitrogen and oxygen atoms in total. The van der Waals surface area contributed by atoms with Gasteiger partial charge in [0.05, 0.1) is 37.3 Å². The van der Waals surface area contributed by atoms with Gasteiger partial charge in [-0.25, -0.2) is 4.98 Å². The third-order valence-corrected chi connectivity index (χ3v) is 7.84. The molecule has 0 spiro atoms. The van der Waals surface area contributed by atoms with Crippen molar-refractivity contribution >= 4 is 51.7 Å². The molecule has 2 fully saturated rings. The average molecular weight is 552 g/mol. The van der Waals surface area contributed by atoms with Gasteiger partial charge in [0.15, 0.2) is 0 Å². The van der Waals surface area contributed by atoms with Crippen LogP contribution in [0.1, 0.15) is 17.5 Å². The van der Waals surface area contributed by atoms with Crippen molar-refractivity contribution in [2.45, 2.75) is 13.0 Å². The second-order valence-electron chi connectivity index (χ2n) is 8.96. The van der Waals surface area contributed by atoms with Crippen LogP contribution in [-0.4, -0.2) is 75.9 Å². The van der Waals surface area contributed by atoms with E-state index >= 15 is 0 Å². The number of fused-ring (bicyclic) bond motifs is 1. The van der Waals surface area contributed by atoms with Gasteiger partial charge in [-0.1, -0.05) is 42.2 Å². The number of rotatable bonds is 9. The number of ether oxygens (including phenoxy) is 2. The van der Waals surface area contributed by atoms with Gasteiger partial charge in [-0.3, -0.25) is 23.8 Å². The average Bonchev–Trinajstić information content (AvgIpc) is 3.21. The summed E-state index contributed by atoms with van der Waals surface area (Å²) in [6.07, 6.45) is 4.19. The highest BCUT2D eigenvalue weighted by atomic mass is 32.2. The smallest absolute Gasteiger partial charge is 0.267 e. The minimum Gasteiger partial charge on any atom is -0.497 e. The molecular formula is C27H29N5O4S2. The number of hydrogen-bond acceptors (Lipinski definition) is 9. The quantitative estimate of drug-likeness (QED) is 0.245. The van der Waals surface area contributed by atoms with Crippen molar-refractivity contribution in [3.63, 3.8) is 0 Å². The first kappa shape index (κ1) is 26.4. The molecule has 5 rings (SSSR count). The minimum absolute atomic E-state index is 0.230. The van der Waals surface area contributed by atoms with E-state index in [1.54, 1.807) is 36.4 Å². The highest BCUT2D eigenvalue weighted by Crippen LogP contribution is 2.34. The van der Waals surface area contributed by atoms with E-state index in [-0.39, 0.29) is 11.5 Å². The van der Waals surface area contributed by atoms with Crippen LogP contribution in [0.15, 0.2) is 58.4 Å². The number of carbonyl (C=O) groups excluding carboxylic acids is 1. The highest BCUT2D eigenvalue weighted by Gasteiger charge is 2.32. The SMILES string of the molecule is COc1ccc(CN2C(=O)/C(=C/c3c(NCCCN4CCOCC4)nc4ccccn4c3=O)SC2=S)cc1. The van der Waals surface area contributed by atoms with E-state index in [4.69, 9.17) is 26.7 Å². The molecule has 2 aromatic heterocycles. The standard InChI is InChI=1S/C27H29N5O4S2/c1-35-20-8-6-19(7-9-20)18-32-26(34)22(38-27(32)37)17-21-24(28-10-4-11-30-13-15-36-16-14-30)29-23-5-2-3-12-31(23)25(21)33/h2-3,5-9,12,17,28H,4,10-11,13-16,18H2,1H3/b22-17-. The molecular weight excluding hydrogens is 522 g/mol. The fraction of sp³-hybridized carbons (Fsp3) is 0.333. The summed E-state index contributed by atoms with van der Waals surface area (Å²) in [5.41, 5.74) is 1.56. The Labute approximate surface area is 230 Å². The number of thiocarbonyl (C=S) groups is 1. The summed E-state index contributed by atoms with van der Waals surface area (Å²) in [5, 5.41) is 3.34. The number of hydrogen-bond donors (Lipinski definition) is 1. The molecule has 0 atom stereocenters.